The minimum Gasteiger partial charge on any atom is -0.409 e. The number of amidine groups is 1. The van der Waals surface area contributed by atoms with E-state index >= 15 is 0 Å². The molecule has 0 heterocycles. The van der Waals surface area contributed by atoms with E-state index in [1.54, 1.807) is 17.8 Å². The van der Waals surface area contributed by atoms with Gasteiger partial charge in [0.15, 0.2) is 5.84 Å². The molecule has 0 radical (unpaired) electrons. The maximum absolute atomic E-state index is 13.5. The van der Waals surface area contributed by atoms with Gasteiger partial charge in [0.05, 0.1) is 0 Å². The van der Waals surface area contributed by atoms with Crippen molar-refractivity contribution in [3.05, 3.63) is 63.9 Å². The quantitative estimate of drug-likeness (QED) is 0.287. The first kappa shape index (κ1) is 14.9. The number of hydrogen-bond donors (Lipinski definition) is 2. The lowest BCUT2D eigenvalue weighted by molar-refractivity contribution is 0.318. The standard InChI is InChI=1S/C14H12BrFN2OS/c15-11-2-1-3-13(7-11)20-8-9-4-10(14(17)18-19)6-12(16)5-9/h1-7,19H,8H2,(H2,17,18). The Morgan fingerprint density at radius 1 is 1.30 bits per heavy atom. The summed E-state index contributed by atoms with van der Waals surface area (Å²) in [6.07, 6.45) is 0. The topological polar surface area (TPSA) is 58.6 Å². The van der Waals surface area contributed by atoms with Crippen molar-refractivity contribution in [2.24, 2.45) is 10.9 Å². The van der Waals surface area contributed by atoms with Gasteiger partial charge < -0.3 is 10.9 Å². The molecular weight excluding hydrogens is 343 g/mol. The second-order valence-corrected chi connectivity index (χ2v) is 6.04. The molecule has 104 valence electrons. The summed E-state index contributed by atoms with van der Waals surface area (Å²) in [5, 5.41) is 11.5. The molecule has 0 aliphatic rings. The van der Waals surface area contributed by atoms with E-state index in [0.29, 0.717) is 11.3 Å². The molecule has 0 aliphatic heterocycles. The summed E-state index contributed by atoms with van der Waals surface area (Å²) in [6.45, 7) is 0. The number of nitrogens with zero attached hydrogens (tertiary/aromatic N) is 1. The first-order valence-electron chi connectivity index (χ1n) is 5.74. The van der Waals surface area contributed by atoms with Crippen LogP contribution in [0.4, 0.5) is 4.39 Å². The summed E-state index contributed by atoms with van der Waals surface area (Å²) in [5.41, 5.74) is 6.63. The lowest BCUT2D eigenvalue weighted by Crippen LogP contribution is -2.13. The van der Waals surface area contributed by atoms with Gasteiger partial charge in [-0.2, -0.15) is 0 Å². The fourth-order valence-electron chi connectivity index (χ4n) is 1.66. The molecule has 0 aromatic heterocycles. The van der Waals surface area contributed by atoms with Gasteiger partial charge in [0.2, 0.25) is 0 Å². The smallest absolute Gasteiger partial charge is 0.170 e. The van der Waals surface area contributed by atoms with Crippen LogP contribution in [0.1, 0.15) is 11.1 Å². The van der Waals surface area contributed by atoms with E-state index < -0.39 is 5.82 Å². The van der Waals surface area contributed by atoms with E-state index in [1.165, 1.54) is 12.1 Å². The Bertz CT molecular complexity index is 649. The average Bonchev–Trinajstić information content (AvgIpc) is 2.44. The lowest BCUT2D eigenvalue weighted by Gasteiger charge is -2.06. The zero-order valence-electron chi connectivity index (χ0n) is 10.4. The third-order valence-electron chi connectivity index (χ3n) is 2.56. The Kier molecular flexibility index (Phi) is 5.03. The van der Waals surface area contributed by atoms with Crippen LogP contribution in [0.15, 0.2) is 57.0 Å². The summed E-state index contributed by atoms with van der Waals surface area (Å²) >= 11 is 4.99. The van der Waals surface area contributed by atoms with E-state index in [9.17, 15) is 4.39 Å². The highest BCUT2D eigenvalue weighted by molar-refractivity contribution is 9.10. The number of benzene rings is 2. The highest BCUT2D eigenvalue weighted by Crippen LogP contribution is 2.26. The van der Waals surface area contributed by atoms with Crippen LogP contribution in [0.3, 0.4) is 0 Å². The van der Waals surface area contributed by atoms with Gasteiger partial charge in [-0.1, -0.05) is 27.2 Å². The van der Waals surface area contributed by atoms with Gasteiger partial charge in [-0.05, 0) is 42.0 Å². The maximum atomic E-state index is 13.5. The van der Waals surface area contributed by atoms with Crippen LogP contribution in [0.2, 0.25) is 0 Å². The van der Waals surface area contributed by atoms with Crippen molar-refractivity contribution in [3.8, 4) is 0 Å². The van der Waals surface area contributed by atoms with Crippen molar-refractivity contribution in [1.29, 1.82) is 0 Å². The van der Waals surface area contributed by atoms with Gasteiger partial charge in [-0.15, -0.1) is 11.8 Å². The predicted molar refractivity (Wildman–Crippen MR) is 82.6 cm³/mol. The van der Waals surface area contributed by atoms with Gasteiger partial charge in [0.25, 0.3) is 0 Å². The van der Waals surface area contributed by atoms with Crippen LogP contribution in [-0.4, -0.2) is 11.0 Å². The fraction of sp³-hybridized carbons (Fsp3) is 0.0714. The first-order valence-corrected chi connectivity index (χ1v) is 7.52. The number of hydrogen-bond acceptors (Lipinski definition) is 3. The van der Waals surface area contributed by atoms with Gasteiger partial charge in [-0.3, -0.25) is 0 Å². The second-order valence-electron chi connectivity index (χ2n) is 4.08. The molecule has 20 heavy (non-hydrogen) atoms. The average molecular weight is 355 g/mol. The summed E-state index contributed by atoms with van der Waals surface area (Å²) in [4.78, 5) is 1.08. The van der Waals surface area contributed by atoms with Gasteiger partial charge >= 0.3 is 0 Å². The Labute approximate surface area is 128 Å². The molecule has 3 N–H and O–H groups in total. The van der Waals surface area contributed by atoms with Crippen LogP contribution in [0.5, 0.6) is 0 Å². The molecule has 0 saturated carbocycles. The van der Waals surface area contributed by atoms with Crippen molar-refractivity contribution in [2.75, 3.05) is 0 Å². The number of oxime groups is 1. The Morgan fingerprint density at radius 3 is 2.80 bits per heavy atom. The molecule has 0 fully saturated rings. The Morgan fingerprint density at radius 2 is 2.10 bits per heavy atom. The Balaban J connectivity index is 2.15. The van der Waals surface area contributed by atoms with Crippen molar-refractivity contribution in [2.45, 2.75) is 10.6 Å². The minimum atomic E-state index is -0.404. The lowest BCUT2D eigenvalue weighted by atomic mass is 10.1. The fourth-order valence-corrected chi connectivity index (χ4v) is 3.10. The van der Waals surface area contributed by atoms with Crippen LogP contribution < -0.4 is 5.73 Å². The molecular formula is C14H12BrFN2OS. The largest absolute Gasteiger partial charge is 0.409 e. The molecule has 0 saturated heterocycles. The molecule has 6 heteroatoms. The summed E-state index contributed by atoms with van der Waals surface area (Å²) in [5.74, 6) is 0.0945. The number of halogens is 2. The zero-order valence-corrected chi connectivity index (χ0v) is 12.8. The van der Waals surface area contributed by atoms with Gasteiger partial charge in [0.1, 0.15) is 5.82 Å². The number of nitrogens with two attached hydrogens (primary N) is 1. The second kappa shape index (κ2) is 6.76. The maximum Gasteiger partial charge on any atom is 0.170 e. The summed E-state index contributed by atoms with van der Waals surface area (Å²) < 4.78 is 14.5. The van der Waals surface area contributed by atoms with Crippen LogP contribution >= 0.6 is 27.7 Å². The molecule has 3 nitrogen and oxygen atoms in total. The molecule has 2 aromatic rings. The molecule has 2 rings (SSSR count). The van der Waals surface area contributed by atoms with Crippen molar-refractivity contribution in [1.82, 2.24) is 0 Å². The molecule has 0 aliphatic carbocycles. The third kappa shape index (κ3) is 3.98. The van der Waals surface area contributed by atoms with Crippen molar-refractivity contribution in [3.63, 3.8) is 0 Å². The molecule has 0 bridgehead atoms. The SMILES string of the molecule is N/C(=N/O)c1cc(F)cc(CSc2cccc(Br)c2)c1. The highest BCUT2D eigenvalue weighted by Gasteiger charge is 2.05. The monoisotopic (exact) mass is 354 g/mol. The van der Waals surface area contributed by atoms with Crippen molar-refractivity contribution < 1.29 is 9.60 Å². The number of thioether (sulfide) groups is 1. The predicted octanol–water partition coefficient (Wildman–Crippen LogP) is 3.98. The van der Waals surface area contributed by atoms with Gasteiger partial charge in [0, 0.05) is 20.7 Å². The molecule has 0 atom stereocenters. The van der Waals surface area contributed by atoms with E-state index in [2.05, 4.69) is 21.1 Å². The van der Waals surface area contributed by atoms with E-state index in [-0.39, 0.29) is 5.84 Å². The first-order chi connectivity index (χ1) is 9.58. The molecule has 0 spiro atoms. The normalized spacial score (nSPS) is 11.6. The third-order valence-corrected chi connectivity index (χ3v) is 4.12. The molecule has 2 aromatic carbocycles. The van der Waals surface area contributed by atoms with Crippen LogP contribution in [0, 0.1) is 5.82 Å². The van der Waals surface area contributed by atoms with Crippen LogP contribution in [0.25, 0.3) is 0 Å². The van der Waals surface area contributed by atoms with E-state index in [1.807, 2.05) is 24.3 Å². The summed E-state index contributed by atoms with van der Waals surface area (Å²) in [7, 11) is 0. The van der Waals surface area contributed by atoms with E-state index in [0.717, 1.165) is 14.9 Å². The molecule has 0 unspecified atom stereocenters. The van der Waals surface area contributed by atoms with Gasteiger partial charge in [-0.25, -0.2) is 4.39 Å². The molecule has 0 amide bonds. The van der Waals surface area contributed by atoms with Crippen LogP contribution in [-0.2, 0) is 5.75 Å². The van der Waals surface area contributed by atoms with E-state index in [4.69, 9.17) is 10.9 Å². The summed E-state index contributed by atoms with van der Waals surface area (Å²) in [6, 6.07) is 12.3. The van der Waals surface area contributed by atoms with Crippen molar-refractivity contribution >= 4 is 33.5 Å². The Hall–Kier alpha value is -1.53. The highest BCUT2D eigenvalue weighted by atomic mass is 79.9. The zero-order chi connectivity index (χ0) is 14.5. The number of rotatable bonds is 4. The minimum absolute atomic E-state index is 0.0989.